The van der Waals surface area contributed by atoms with Crippen molar-refractivity contribution in [1.29, 1.82) is 5.26 Å². The topological polar surface area (TPSA) is 152 Å². The molecule has 1 aliphatic heterocycles. The number of rotatable bonds is 9. The summed E-state index contributed by atoms with van der Waals surface area (Å²) in [5.41, 5.74) is 5.93. The van der Waals surface area contributed by atoms with Crippen molar-refractivity contribution in [3.8, 4) is 17.8 Å². The van der Waals surface area contributed by atoms with Crippen LogP contribution in [0.25, 0.3) is 0 Å². The molecule has 11 nitrogen and oxygen atoms in total. The largest absolute Gasteiger partial charge is 0.488 e. The first-order chi connectivity index (χ1) is 17.4. The molecule has 0 aromatic carbocycles. The predicted molar refractivity (Wildman–Crippen MR) is 125 cm³/mol. The van der Waals surface area contributed by atoms with Gasteiger partial charge in [0.2, 0.25) is 0 Å². The van der Waals surface area contributed by atoms with E-state index >= 15 is 4.39 Å². The minimum atomic E-state index is -1.18. The first kappa shape index (κ1) is 22.7. The number of amides is 1. The molecular formula is C24H27FN8O3. The molecule has 1 saturated heterocycles. The lowest BCUT2D eigenvalue weighted by Crippen LogP contribution is -2.44. The Bertz CT molecular complexity index is 1220. The van der Waals surface area contributed by atoms with Crippen molar-refractivity contribution in [1.82, 2.24) is 25.3 Å². The number of alkyl halides is 1. The van der Waals surface area contributed by atoms with E-state index in [4.69, 9.17) is 20.5 Å². The minimum absolute atomic E-state index is 0.0111. The molecular weight excluding hydrogens is 467 g/mol. The summed E-state index contributed by atoms with van der Waals surface area (Å²) >= 11 is 0. The van der Waals surface area contributed by atoms with Gasteiger partial charge in [0, 0.05) is 30.0 Å². The average molecular weight is 495 g/mol. The van der Waals surface area contributed by atoms with E-state index < -0.39 is 6.17 Å². The van der Waals surface area contributed by atoms with E-state index in [1.165, 1.54) is 12.5 Å². The Morgan fingerprint density at radius 3 is 2.81 bits per heavy atom. The number of carbonyl (C=O) groups is 1. The van der Waals surface area contributed by atoms with Gasteiger partial charge in [-0.1, -0.05) is 0 Å². The molecule has 3 N–H and O–H groups in total. The number of ether oxygens (including phenoxy) is 2. The van der Waals surface area contributed by atoms with Crippen molar-refractivity contribution < 1.29 is 18.7 Å². The fraction of sp³-hybridized carbons (Fsp3) is 0.583. The van der Waals surface area contributed by atoms with E-state index in [9.17, 15) is 4.79 Å². The van der Waals surface area contributed by atoms with Gasteiger partial charge in [-0.15, -0.1) is 0 Å². The average Bonchev–Trinajstić information content (AvgIpc) is 3.79. The molecule has 12 heteroatoms. The summed E-state index contributed by atoms with van der Waals surface area (Å²) in [6.45, 7) is 1.09. The summed E-state index contributed by atoms with van der Waals surface area (Å²) in [5.74, 6) is 1.11. The van der Waals surface area contributed by atoms with E-state index in [1.54, 1.807) is 11.0 Å². The maximum atomic E-state index is 15.2. The lowest BCUT2D eigenvalue weighted by Gasteiger charge is -2.35. The van der Waals surface area contributed by atoms with Gasteiger partial charge < -0.3 is 25.4 Å². The van der Waals surface area contributed by atoms with Gasteiger partial charge >= 0.3 is 6.01 Å². The lowest BCUT2D eigenvalue weighted by atomic mass is 9.96. The number of halogens is 1. The molecule has 3 aliphatic carbocycles. The third kappa shape index (κ3) is 4.57. The number of carbonyl (C=O) groups excluding carboxylic acids is 1. The van der Waals surface area contributed by atoms with Crippen LogP contribution in [0.15, 0.2) is 18.6 Å². The molecule has 2 aromatic rings. The Hall–Kier alpha value is -3.75. The van der Waals surface area contributed by atoms with Crippen molar-refractivity contribution in [2.24, 2.45) is 23.7 Å². The third-order valence-corrected chi connectivity index (χ3v) is 7.65. The van der Waals surface area contributed by atoms with Gasteiger partial charge in [0.1, 0.15) is 24.0 Å². The Kier molecular flexibility index (Phi) is 5.50. The van der Waals surface area contributed by atoms with Crippen LogP contribution in [-0.2, 0) is 0 Å². The zero-order valence-corrected chi connectivity index (χ0v) is 19.6. The Balaban J connectivity index is 1.13. The maximum absolute atomic E-state index is 15.2. The molecule has 1 amide bonds. The molecule has 2 aromatic heterocycles. The second-order valence-electron chi connectivity index (χ2n) is 10.2. The van der Waals surface area contributed by atoms with Gasteiger partial charge in [-0.2, -0.15) is 15.2 Å². The highest BCUT2D eigenvalue weighted by molar-refractivity contribution is 5.94. The second-order valence-corrected chi connectivity index (χ2v) is 10.2. The molecule has 4 aliphatic rings. The summed E-state index contributed by atoms with van der Waals surface area (Å²) in [4.78, 5) is 31.3. The van der Waals surface area contributed by atoms with Gasteiger partial charge in [0.15, 0.2) is 11.6 Å². The first-order valence-corrected chi connectivity index (χ1v) is 12.3. The predicted octanol–water partition coefficient (Wildman–Crippen LogP) is 1.52. The molecule has 36 heavy (non-hydrogen) atoms. The maximum Gasteiger partial charge on any atom is 0.319 e. The van der Waals surface area contributed by atoms with E-state index in [1.807, 2.05) is 0 Å². The SMILES string of the molecule is N#C[C@@H]1C[C@@H]1COc1nc(C(=O)NC23CC2C3)cc(N2CC[C@H](COc3cncnc3N)[C@@H](F)C2)n1. The Labute approximate surface area is 207 Å². The monoisotopic (exact) mass is 494 g/mol. The number of anilines is 2. The molecule has 6 rings (SSSR count). The highest BCUT2D eigenvalue weighted by Crippen LogP contribution is 2.66. The number of fused-ring (bicyclic) bond motifs is 1. The first-order valence-electron chi connectivity index (χ1n) is 12.3. The third-order valence-electron chi connectivity index (χ3n) is 7.65. The van der Waals surface area contributed by atoms with E-state index in [-0.39, 0.29) is 59.9 Å². The van der Waals surface area contributed by atoms with E-state index in [2.05, 4.69) is 31.3 Å². The molecule has 4 atom stereocenters. The molecule has 0 bridgehead atoms. The molecule has 3 heterocycles. The molecule has 0 radical (unpaired) electrons. The highest BCUT2D eigenvalue weighted by atomic mass is 19.1. The molecule has 188 valence electrons. The fourth-order valence-corrected chi connectivity index (χ4v) is 4.71. The number of nitrogens with zero attached hydrogens (tertiary/aromatic N) is 6. The van der Waals surface area contributed by atoms with Crippen LogP contribution in [-0.4, -0.2) is 63.9 Å². The van der Waals surface area contributed by atoms with Crippen LogP contribution in [0.4, 0.5) is 16.0 Å². The van der Waals surface area contributed by atoms with Crippen molar-refractivity contribution >= 4 is 17.5 Å². The number of nitrogen functional groups attached to an aromatic ring is 1. The lowest BCUT2D eigenvalue weighted by molar-refractivity contribution is 0.0935. The number of nitriles is 1. The van der Waals surface area contributed by atoms with E-state index in [0.717, 1.165) is 19.3 Å². The van der Waals surface area contributed by atoms with Gasteiger partial charge in [0.25, 0.3) is 5.91 Å². The quantitative estimate of drug-likeness (QED) is 0.525. The molecule has 0 spiro atoms. The second kappa shape index (κ2) is 8.72. The van der Waals surface area contributed by atoms with Crippen LogP contribution in [0.2, 0.25) is 0 Å². The number of hydrogen-bond donors (Lipinski definition) is 2. The number of aromatic nitrogens is 4. The smallest absolute Gasteiger partial charge is 0.319 e. The zero-order valence-electron chi connectivity index (χ0n) is 19.6. The number of hydrogen-bond acceptors (Lipinski definition) is 10. The summed E-state index contributed by atoms with van der Waals surface area (Å²) < 4.78 is 26.6. The van der Waals surface area contributed by atoms with Crippen molar-refractivity contribution in [3.05, 3.63) is 24.3 Å². The number of nitrogens with two attached hydrogens (primary N) is 1. The summed E-state index contributed by atoms with van der Waals surface area (Å²) in [6.07, 6.45) is 4.94. The van der Waals surface area contributed by atoms with Crippen LogP contribution in [0.1, 0.15) is 36.2 Å². The zero-order chi connectivity index (χ0) is 24.9. The standard InChI is InChI=1S/C24H27FN8O3/c25-17-9-33(2-1-13(17)10-35-19-8-28-12-29-21(19)27)20-4-18(22(34)32-24-5-16(24)6-24)30-23(31-20)36-11-15-3-14(15)7-26/h4,8,12-17H,1-3,5-6,9-11H2,(H,32,34)(H2,27,28,29)/t13-,14+,15-,16?,17+,24?/m1/s1. The van der Waals surface area contributed by atoms with Crippen LogP contribution < -0.4 is 25.4 Å². The van der Waals surface area contributed by atoms with Crippen molar-refractivity contribution in [2.75, 3.05) is 36.9 Å². The molecule has 3 saturated carbocycles. The number of piperidine rings is 1. The minimum Gasteiger partial charge on any atom is -0.488 e. The number of nitrogens with one attached hydrogen (secondary N) is 1. The van der Waals surface area contributed by atoms with E-state index in [0.29, 0.717) is 37.1 Å². The Morgan fingerprint density at radius 2 is 2.11 bits per heavy atom. The van der Waals surface area contributed by atoms with Gasteiger partial charge in [-0.05, 0) is 31.6 Å². The van der Waals surface area contributed by atoms with Crippen molar-refractivity contribution in [3.63, 3.8) is 0 Å². The van der Waals surface area contributed by atoms with Gasteiger partial charge in [0.05, 0.1) is 37.9 Å². The highest BCUT2D eigenvalue weighted by Gasteiger charge is 2.70. The van der Waals surface area contributed by atoms with Crippen LogP contribution in [0.3, 0.4) is 0 Å². The summed E-state index contributed by atoms with van der Waals surface area (Å²) in [7, 11) is 0. The Morgan fingerprint density at radius 1 is 1.31 bits per heavy atom. The van der Waals surface area contributed by atoms with Crippen molar-refractivity contribution in [2.45, 2.75) is 37.4 Å². The summed E-state index contributed by atoms with van der Waals surface area (Å²) in [5, 5.41) is 12.1. The van der Waals surface area contributed by atoms with Crippen LogP contribution >= 0.6 is 0 Å². The van der Waals surface area contributed by atoms with Gasteiger partial charge in [-0.25, -0.2) is 14.4 Å². The molecule has 0 unspecified atom stereocenters. The van der Waals surface area contributed by atoms with Gasteiger partial charge in [-0.3, -0.25) is 4.79 Å². The normalized spacial score (nSPS) is 31.6. The fourth-order valence-electron chi connectivity index (χ4n) is 4.71. The molecule has 4 fully saturated rings. The van der Waals surface area contributed by atoms with Crippen LogP contribution in [0.5, 0.6) is 11.8 Å². The summed E-state index contributed by atoms with van der Waals surface area (Å²) in [6, 6.07) is 3.90. The van der Waals surface area contributed by atoms with Crippen LogP contribution in [0, 0.1) is 35.0 Å².